The molecule has 0 fully saturated rings. The van der Waals surface area contributed by atoms with Crippen LogP contribution < -0.4 is 14.9 Å². The molecule has 0 aliphatic heterocycles. The molecule has 0 unspecified atom stereocenters. The number of rotatable bonds is 8. The van der Waals surface area contributed by atoms with Crippen LogP contribution in [0.4, 0.5) is 0 Å². The smallest absolute Gasteiger partial charge is 0.271 e. The molecule has 3 aromatic carbocycles. The van der Waals surface area contributed by atoms with Gasteiger partial charge in [-0.2, -0.15) is 5.10 Å². The third kappa shape index (κ3) is 6.82. The SMILES string of the molecule is CCOc1ccc(C(=O)N/N=C\c2cc(Br)c(OCc3ccc(Cl)cc3)c(Br)c2)cc1. The molecule has 3 aromatic rings. The summed E-state index contributed by atoms with van der Waals surface area (Å²) < 4.78 is 12.8. The van der Waals surface area contributed by atoms with E-state index in [-0.39, 0.29) is 5.91 Å². The first-order chi connectivity index (χ1) is 15.0. The molecule has 0 aromatic heterocycles. The van der Waals surface area contributed by atoms with Crippen LogP contribution in [0, 0.1) is 0 Å². The van der Waals surface area contributed by atoms with Crippen LogP contribution in [0.25, 0.3) is 0 Å². The highest BCUT2D eigenvalue weighted by Gasteiger charge is 2.09. The van der Waals surface area contributed by atoms with Gasteiger partial charge in [0.25, 0.3) is 5.91 Å². The van der Waals surface area contributed by atoms with Crippen LogP contribution in [0.1, 0.15) is 28.4 Å². The molecule has 0 heterocycles. The second kappa shape index (κ2) is 11.3. The van der Waals surface area contributed by atoms with Crippen molar-refractivity contribution in [3.05, 3.63) is 91.3 Å². The van der Waals surface area contributed by atoms with Gasteiger partial charge in [-0.05, 0) is 98.4 Å². The van der Waals surface area contributed by atoms with E-state index in [2.05, 4.69) is 42.4 Å². The van der Waals surface area contributed by atoms with Gasteiger partial charge < -0.3 is 9.47 Å². The van der Waals surface area contributed by atoms with Gasteiger partial charge in [-0.1, -0.05) is 23.7 Å². The summed E-state index contributed by atoms with van der Waals surface area (Å²) >= 11 is 13.0. The quantitative estimate of drug-likeness (QED) is 0.247. The van der Waals surface area contributed by atoms with Crippen molar-refractivity contribution < 1.29 is 14.3 Å². The number of halogens is 3. The van der Waals surface area contributed by atoms with Gasteiger partial charge in [-0.15, -0.1) is 0 Å². The second-order valence-electron chi connectivity index (χ2n) is 6.39. The lowest BCUT2D eigenvalue weighted by atomic mass is 10.2. The van der Waals surface area contributed by atoms with Crippen molar-refractivity contribution in [1.82, 2.24) is 5.43 Å². The number of hydrogen-bond donors (Lipinski definition) is 1. The van der Waals surface area contributed by atoms with Gasteiger partial charge in [0.2, 0.25) is 0 Å². The van der Waals surface area contributed by atoms with Crippen molar-refractivity contribution in [3.8, 4) is 11.5 Å². The van der Waals surface area contributed by atoms with Crippen LogP contribution in [0.5, 0.6) is 11.5 Å². The van der Waals surface area contributed by atoms with Crippen LogP contribution in [0.15, 0.2) is 74.7 Å². The lowest BCUT2D eigenvalue weighted by molar-refractivity contribution is 0.0955. The lowest BCUT2D eigenvalue weighted by Gasteiger charge is -2.11. The fourth-order valence-electron chi connectivity index (χ4n) is 2.63. The molecule has 8 heteroatoms. The van der Waals surface area contributed by atoms with Crippen molar-refractivity contribution in [1.29, 1.82) is 0 Å². The highest BCUT2D eigenvalue weighted by molar-refractivity contribution is 9.11. The topological polar surface area (TPSA) is 59.9 Å². The van der Waals surface area contributed by atoms with Crippen molar-refractivity contribution in [3.63, 3.8) is 0 Å². The van der Waals surface area contributed by atoms with E-state index in [0.29, 0.717) is 29.5 Å². The summed E-state index contributed by atoms with van der Waals surface area (Å²) in [5, 5.41) is 4.72. The molecule has 1 N–H and O–H groups in total. The Morgan fingerprint density at radius 2 is 1.68 bits per heavy atom. The van der Waals surface area contributed by atoms with Gasteiger partial charge in [0.15, 0.2) is 0 Å². The fraction of sp³-hybridized carbons (Fsp3) is 0.130. The molecule has 3 rings (SSSR count). The molecule has 0 aliphatic rings. The molecular formula is C23H19Br2ClN2O3. The van der Waals surface area contributed by atoms with Crippen LogP contribution in [-0.2, 0) is 6.61 Å². The number of nitrogens with one attached hydrogen (secondary N) is 1. The minimum absolute atomic E-state index is 0.305. The third-order valence-electron chi connectivity index (χ3n) is 4.12. The molecule has 160 valence electrons. The minimum atomic E-state index is -0.305. The summed E-state index contributed by atoms with van der Waals surface area (Å²) in [4.78, 5) is 12.2. The molecule has 31 heavy (non-hydrogen) atoms. The Morgan fingerprint density at radius 3 is 2.29 bits per heavy atom. The standard InChI is InChI=1S/C23H19Br2ClN2O3/c1-2-30-19-9-5-17(6-10-19)23(29)28-27-13-16-11-20(24)22(21(25)12-16)31-14-15-3-7-18(26)8-4-15/h3-13H,2,14H2,1H3,(H,28,29)/b27-13-. The second-order valence-corrected chi connectivity index (χ2v) is 8.53. The van der Waals surface area contributed by atoms with Crippen LogP contribution in [-0.4, -0.2) is 18.7 Å². The van der Waals surface area contributed by atoms with E-state index in [0.717, 1.165) is 25.8 Å². The van der Waals surface area contributed by atoms with Gasteiger partial charge in [-0.25, -0.2) is 5.43 Å². The summed E-state index contributed by atoms with van der Waals surface area (Å²) in [7, 11) is 0. The number of hydrazone groups is 1. The van der Waals surface area contributed by atoms with Gasteiger partial charge in [0.1, 0.15) is 18.1 Å². The summed E-state index contributed by atoms with van der Waals surface area (Å²) in [5.74, 6) is 1.08. The number of nitrogens with zero attached hydrogens (tertiary/aromatic N) is 1. The predicted octanol–water partition coefficient (Wildman–Crippen LogP) is 6.61. The first-order valence-corrected chi connectivity index (χ1v) is 11.3. The largest absolute Gasteiger partial charge is 0.494 e. The zero-order valence-electron chi connectivity index (χ0n) is 16.6. The molecule has 0 atom stereocenters. The highest BCUT2D eigenvalue weighted by Crippen LogP contribution is 2.35. The number of benzene rings is 3. The van der Waals surface area contributed by atoms with E-state index in [1.54, 1.807) is 30.5 Å². The molecule has 0 bridgehead atoms. The minimum Gasteiger partial charge on any atom is -0.494 e. The van der Waals surface area contributed by atoms with Crippen molar-refractivity contribution in [2.75, 3.05) is 6.61 Å². The normalized spacial score (nSPS) is 10.8. The van der Waals surface area contributed by atoms with Gasteiger partial charge in [0, 0.05) is 10.6 Å². The average Bonchev–Trinajstić information content (AvgIpc) is 2.75. The van der Waals surface area contributed by atoms with E-state index >= 15 is 0 Å². The Morgan fingerprint density at radius 1 is 1.03 bits per heavy atom. The number of hydrogen-bond acceptors (Lipinski definition) is 4. The van der Waals surface area contributed by atoms with Gasteiger partial charge in [0.05, 0.1) is 21.8 Å². The first-order valence-electron chi connectivity index (χ1n) is 9.39. The number of carbonyl (C=O) groups is 1. The molecule has 0 saturated carbocycles. The predicted molar refractivity (Wildman–Crippen MR) is 130 cm³/mol. The molecule has 0 saturated heterocycles. The summed E-state index contributed by atoms with van der Waals surface area (Å²) in [6, 6.07) is 18.1. The van der Waals surface area contributed by atoms with Crippen LogP contribution in [0.2, 0.25) is 5.02 Å². The highest BCUT2D eigenvalue weighted by atomic mass is 79.9. The molecule has 5 nitrogen and oxygen atoms in total. The van der Waals surface area contributed by atoms with E-state index in [1.807, 2.05) is 43.3 Å². The number of carbonyl (C=O) groups excluding carboxylic acids is 1. The molecule has 0 aliphatic carbocycles. The first kappa shape index (κ1) is 23.3. The van der Waals surface area contributed by atoms with Gasteiger partial charge >= 0.3 is 0 Å². The Hall–Kier alpha value is -2.35. The Kier molecular flexibility index (Phi) is 8.51. The van der Waals surface area contributed by atoms with Gasteiger partial charge in [-0.3, -0.25) is 4.79 Å². The van der Waals surface area contributed by atoms with Crippen molar-refractivity contribution in [2.45, 2.75) is 13.5 Å². The fourth-order valence-corrected chi connectivity index (χ4v) is 4.20. The van der Waals surface area contributed by atoms with E-state index in [4.69, 9.17) is 21.1 Å². The summed E-state index contributed by atoms with van der Waals surface area (Å²) in [5.41, 5.74) is 4.80. The molecule has 0 radical (unpaired) electrons. The zero-order chi connectivity index (χ0) is 22.2. The Balaban J connectivity index is 1.60. The summed E-state index contributed by atoms with van der Waals surface area (Å²) in [6.45, 7) is 2.89. The molecule has 1 amide bonds. The number of ether oxygens (including phenoxy) is 2. The Bertz CT molecular complexity index is 1050. The number of amides is 1. The zero-order valence-corrected chi connectivity index (χ0v) is 20.5. The maximum Gasteiger partial charge on any atom is 0.271 e. The maximum atomic E-state index is 12.2. The average molecular weight is 567 g/mol. The van der Waals surface area contributed by atoms with E-state index in [1.165, 1.54) is 0 Å². The summed E-state index contributed by atoms with van der Waals surface area (Å²) in [6.07, 6.45) is 1.56. The Labute approximate surface area is 202 Å². The lowest BCUT2D eigenvalue weighted by Crippen LogP contribution is -2.17. The third-order valence-corrected chi connectivity index (χ3v) is 5.55. The molecular weight excluding hydrogens is 548 g/mol. The maximum absolute atomic E-state index is 12.2. The van der Waals surface area contributed by atoms with E-state index in [9.17, 15) is 4.79 Å². The van der Waals surface area contributed by atoms with Crippen LogP contribution in [0.3, 0.4) is 0 Å². The van der Waals surface area contributed by atoms with Crippen molar-refractivity contribution >= 4 is 55.6 Å². The monoisotopic (exact) mass is 564 g/mol. The van der Waals surface area contributed by atoms with E-state index < -0.39 is 0 Å². The molecule has 0 spiro atoms. The van der Waals surface area contributed by atoms with Crippen LogP contribution >= 0.6 is 43.5 Å². The van der Waals surface area contributed by atoms with Crippen molar-refractivity contribution in [2.24, 2.45) is 5.10 Å².